The number of hydrogen-bond donors (Lipinski definition) is 4. The van der Waals surface area contributed by atoms with E-state index in [0.29, 0.717) is 30.9 Å². The van der Waals surface area contributed by atoms with Crippen LogP contribution < -0.4 is 16.0 Å². The number of aromatic nitrogens is 2. The van der Waals surface area contributed by atoms with E-state index >= 15 is 0 Å². The van der Waals surface area contributed by atoms with Gasteiger partial charge < -0.3 is 25.2 Å². The minimum atomic E-state index is -0.752. The number of carbonyl (C=O) groups excluding carboxylic acids is 2. The van der Waals surface area contributed by atoms with E-state index in [9.17, 15) is 14.7 Å². The molecule has 1 saturated heterocycles. The summed E-state index contributed by atoms with van der Waals surface area (Å²) in [6.45, 7) is 6.84. The zero-order valence-electron chi connectivity index (χ0n) is 23.2. The Morgan fingerprint density at radius 2 is 1.83 bits per heavy atom. The molecule has 216 valence electrons. The number of amides is 1. The maximum absolute atomic E-state index is 13.4. The predicted molar refractivity (Wildman–Crippen MR) is 152 cm³/mol. The smallest absolute Gasteiger partial charge is 0.339 e. The zero-order chi connectivity index (χ0) is 28.8. The summed E-state index contributed by atoms with van der Waals surface area (Å²) in [5.74, 6) is -0.692. The van der Waals surface area contributed by atoms with Crippen LogP contribution in [0.5, 0.6) is 0 Å². The number of aliphatic hydroxyl groups is 1. The highest BCUT2D eigenvalue weighted by Gasteiger charge is 2.38. The summed E-state index contributed by atoms with van der Waals surface area (Å²) in [6, 6.07) is 14.3. The van der Waals surface area contributed by atoms with Gasteiger partial charge in [-0.3, -0.25) is 15.0 Å². The molecule has 1 aromatic heterocycles. The number of esters is 1. The van der Waals surface area contributed by atoms with Crippen LogP contribution in [0.2, 0.25) is 0 Å². The van der Waals surface area contributed by atoms with Crippen molar-refractivity contribution < 1.29 is 24.2 Å². The van der Waals surface area contributed by atoms with Gasteiger partial charge >= 0.3 is 5.97 Å². The lowest BCUT2D eigenvalue weighted by molar-refractivity contribution is 0.00953. The number of fused-ring (bicyclic) bond motifs is 1. The maximum atomic E-state index is 13.4. The second-order valence-electron chi connectivity index (χ2n) is 10.7. The summed E-state index contributed by atoms with van der Waals surface area (Å²) >= 11 is 0. The van der Waals surface area contributed by atoms with E-state index in [-0.39, 0.29) is 24.5 Å². The summed E-state index contributed by atoms with van der Waals surface area (Å²) in [7, 11) is 0. The number of benzene rings is 2. The van der Waals surface area contributed by atoms with Gasteiger partial charge in [-0.15, -0.1) is 0 Å². The normalized spacial score (nSPS) is 18.6. The van der Waals surface area contributed by atoms with Gasteiger partial charge in [0.2, 0.25) is 0 Å². The first-order valence-corrected chi connectivity index (χ1v) is 13.8. The lowest BCUT2D eigenvalue weighted by atomic mass is 9.95. The van der Waals surface area contributed by atoms with Crippen LogP contribution in [0.25, 0.3) is 0 Å². The zero-order valence-corrected chi connectivity index (χ0v) is 23.2. The summed E-state index contributed by atoms with van der Waals surface area (Å²) in [4.78, 5) is 36.0. The number of nitrogens with one attached hydrogen (secondary N) is 3. The molecule has 0 saturated carbocycles. The molecule has 2 aromatic carbocycles. The van der Waals surface area contributed by atoms with Crippen molar-refractivity contribution in [3.05, 3.63) is 89.5 Å². The molecule has 41 heavy (non-hydrogen) atoms. The summed E-state index contributed by atoms with van der Waals surface area (Å²) in [5, 5.41) is 20.6. The average molecular weight is 561 g/mol. The number of carbonyl (C=O) groups is 2. The Labute approximate surface area is 239 Å². The van der Waals surface area contributed by atoms with Gasteiger partial charge in [0.05, 0.1) is 43.0 Å². The van der Waals surface area contributed by atoms with Gasteiger partial charge in [-0.05, 0) is 37.6 Å². The molecule has 5 rings (SSSR count). The first kappa shape index (κ1) is 28.6. The second kappa shape index (κ2) is 12.7. The lowest BCUT2D eigenvalue weighted by Gasteiger charge is -2.37. The highest BCUT2D eigenvalue weighted by Crippen LogP contribution is 2.37. The largest absolute Gasteiger partial charge is 0.451 e. The number of aliphatic hydroxyl groups excluding tert-OH is 1. The Kier molecular flexibility index (Phi) is 8.89. The van der Waals surface area contributed by atoms with E-state index in [1.54, 1.807) is 6.07 Å². The molecule has 0 spiro atoms. The molecule has 2 unspecified atom stereocenters. The third-order valence-electron chi connectivity index (χ3n) is 7.42. The van der Waals surface area contributed by atoms with Crippen LogP contribution >= 0.6 is 0 Å². The predicted octanol–water partition coefficient (Wildman–Crippen LogP) is 2.07. The number of anilines is 1. The van der Waals surface area contributed by atoms with Gasteiger partial charge in [-0.25, -0.2) is 14.8 Å². The second-order valence-corrected chi connectivity index (χ2v) is 10.7. The Hall–Kier alpha value is -3.90. The van der Waals surface area contributed by atoms with Crippen molar-refractivity contribution in [2.24, 2.45) is 0 Å². The molecule has 4 N–H and O–H groups in total. The van der Waals surface area contributed by atoms with Crippen LogP contribution in [0.1, 0.15) is 51.7 Å². The van der Waals surface area contributed by atoms with Crippen molar-refractivity contribution in [2.75, 3.05) is 44.8 Å². The first-order valence-electron chi connectivity index (χ1n) is 13.8. The topological polar surface area (TPSA) is 138 Å². The Morgan fingerprint density at radius 3 is 2.54 bits per heavy atom. The van der Waals surface area contributed by atoms with Gasteiger partial charge in [-0.1, -0.05) is 30.3 Å². The van der Waals surface area contributed by atoms with Gasteiger partial charge in [0, 0.05) is 43.3 Å². The first-order chi connectivity index (χ1) is 19.8. The molecule has 11 nitrogen and oxygen atoms in total. The highest BCUT2D eigenvalue weighted by atomic mass is 16.6. The van der Waals surface area contributed by atoms with Crippen molar-refractivity contribution in [3.63, 3.8) is 0 Å². The van der Waals surface area contributed by atoms with E-state index in [2.05, 4.69) is 30.8 Å². The van der Waals surface area contributed by atoms with Crippen molar-refractivity contribution in [1.29, 1.82) is 0 Å². The number of nitrogens with zero attached hydrogens (tertiary/aromatic N) is 3. The summed E-state index contributed by atoms with van der Waals surface area (Å²) < 4.78 is 11.1. The highest BCUT2D eigenvalue weighted by molar-refractivity contribution is 5.95. The molecule has 0 bridgehead atoms. The van der Waals surface area contributed by atoms with Gasteiger partial charge in [0.1, 0.15) is 18.1 Å². The average Bonchev–Trinajstić information content (AvgIpc) is 3.23. The molecular formula is C30H36N6O5. The Balaban J connectivity index is 1.48. The minimum absolute atomic E-state index is 0.179. The number of ether oxygens (including phenoxy) is 2. The van der Waals surface area contributed by atoms with Gasteiger partial charge in [-0.2, -0.15) is 0 Å². The fraction of sp³-hybridized carbons (Fsp3) is 0.400. The van der Waals surface area contributed by atoms with Crippen LogP contribution in [-0.4, -0.2) is 83.5 Å². The molecule has 0 aliphatic carbocycles. The van der Waals surface area contributed by atoms with Crippen LogP contribution in [0.3, 0.4) is 0 Å². The molecule has 2 aliphatic rings. The molecule has 1 fully saturated rings. The fourth-order valence-electron chi connectivity index (χ4n) is 5.22. The van der Waals surface area contributed by atoms with Crippen LogP contribution in [-0.2, 0) is 15.1 Å². The van der Waals surface area contributed by atoms with Crippen LogP contribution in [0.4, 0.5) is 5.69 Å². The molecule has 3 atom stereocenters. The third kappa shape index (κ3) is 6.88. The Bertz CT molecular complexity index is 1330. The monoisotopic (exact) mass is 560 g/mol. The number of morpholine rings is 1. The summed E-state index contributed by atoms with van der Waals surface area (Å²) in [6.07, 6.45) is 3.66. The minimum Gasteiger partial charge on any atom is -0.451 e. The molecule has 2 aliphatic heterocycles. The maximum Gasteiger partial charge on any atom is 0.339 e. The van der Waals surface area contributed by atoms with E-state index in [1.807, 2.05) is 56.3 Å². The molecule has 11 heteroatoms. The van der Waals surface area contributed by atoms with Crippen LogP contribution in [0, 0.1) is 0 Å². The fourth-order valence-corrected chi connectivity index (χ4v) is 5.22. The van der Waals surface area contributed by atoms with E-state index < -0.39 is 17.8 Å². The van der Waals surface area contributed by atoms with Crippen LogP contribution in [0.15, 0.2) is 67.3 Å². The van der Waals surface area contributed by atoms with Gasteiger partial charge in [0.15, 0.2) is 0 Å². The van der Waals surface area contributed by atoms with E-state index in [0.717, 1.165) is 29.9 Å². The van der Waals surface area contributed by atoms with E-state index in [1.165, 1.54) is 18.7 Å². The van der Waals surface area contributed by atoms with Crippen molar-refractivity contribution in [2.45, 2.75) is 37.7 Å². The summed E-state index contributed by atoms with van der Waals surface area (Å²) in [5.41, 5.74) is 2.57. The molecular weight excluding hydrogens is 524 g/mol. The number of hydrogen-bond acceptors (Lipinski definition) is 10. The van der Waals surface area contributed by atoms with Gasteiger partial charge in [0.25, 0.3) is 5.91 Å². The van der Waals surface area contributed by atoms with Crippen molar-refractivity contribution in [1.82, 2.24) is 25.5 Å². The standard InChI is InChI=1S/C30H36N6O5/c1-30(2)24-14-22(8-9-23(24)29(39)41-30)33-25(17-36-10-12-40-13-11-36)27(35-28(38)21-15-31-19-32-16-21)34-26(18-37)20-6-4-3-5-7-20/h3-9,14-16,19,25-27,33-34,37H,10-13,17-18H2,1-2H3,(H,35,38)/t25?,26-,27?/m1/s1. The van der Waals surface area contributed by atoms with E-state index in [4.69, 9.17) is 9.47 Å². The molecule has 3 heterocycles. The molecule has 1 amide bonds. The third-order valence-corrected chi connectivity index (χ3v) is 7.42. The number of cyclic esters (lactones) is 1. The molecule has 3 aromatic rings. The lowest BCUT2D eigenvalue weighted by Crippen LogP contribution is -2.60. The SMILES string of the molecule is CC1(C)OC(=O)c2ccc(NC(CN3CCOCC3)C(NC(=O)c3cncnc3)N[C@H](CO)c3ccccc3)cc21. The van der Waals surface area contributed by atoms with Crippen molar-refractivity contribution in [3.8, 4) is 0 Å². The van der Waals surface area contributed by atoms with Crippen molar-refractivity contribution >= 4 is 17.6 Å². The number of rotatable bonds is 11. The Morgan fingerprint density at radius 1 is 1.10 bits per heavy atom. The quantitative estimate of drug-likeness (QED) is 0.204. The molecule has 0 radical (unpaired) electrons.